The molecule has 1 amide bonds. The predicted octanol–water partition coefficient (Wildman–Crippen LogP) is 3.75. The van der Waals surface area contributed by atoms with E-state index in [1.807, 2.05) is 36.4 Å². The number of carbonyl (C=O) groups is 1. The molecule has 26 heavy (non-hydrogen) atoms. The van der Waals surface area contributed by atoms with Gasteiger partial charge in [0.15, 0.2) is 0 Å². The van der Waals surface area contributed by atoms with Gasteiger partial charge >= 0.3 is 0 Å². The maximum atomic E-state index is 12.7. The third kappa shape index (κ3) is 3.04. The molecular formula is C19H14BrN5O. The number of nitrogen functional groups attached to an aromatic ring is 1. The fraction of sp³-hybridized carbons (Fsp3) is 0. The number of anilines is 3. The molecule has 0 spiro atoms. The smallest absolute Gasteiger partial charge is 0.258 e. The fourth-order valence-corrected chi connectivity index (χ4v) is 3.23. The second-order valence-corrected chi connectivity index (χ2v) is 6.69. The lowest BCUT2D eigenvalue weighted by Gasteiger charge is -2.15. The van der Waals surface area contributed by atoms with Crippen molar-refractivity contribution in [3.8, 4) is 0 Å². The molecule has 0 saturated heterocycles. The van der Waals surface area contributed by atoms with Gasteiger partial charge in [0.2, 0.25) is 0 Å². The minimum absolute atomic E-state index is 0.176. The van der Waals surface area contributed by atoms with E-state index in [2.05, 4.69) is 36.8 Å². The summed E-state index contributed by atoms with van der Waals surface area (Å²) in [6.45, 7) is 0. The Morgan fingerprint density at radius 2 is 2.00 bits per heavy atom. The second kappa shape index (κ2) is 6.61. The van der Waals surface area contributed by atoms with Crippen LogP contribution < -0.4 is 16.4 Å². The average Bonchev–Trinajstić information content (AvgIpc) is 2.95. The van der Waals surface area contributed by atoms with E-state index in [1.54, 1.807) is 24.5 Å². The summed E-state index contributed by atoms with van der Waals surface area (Å²) in [6.07, 6.45) is 3.19. The van der Waals surface area contributed by atoms with Gasteiger partial charge in [0.25, 0.3) is 5.91 Å². The van der Waals surface area contributed by atoms with Gasteiger partial charge < -0.3 is 16.4 Å². The predicted molar refractivity (Wildman–Crippen MR) is 106 cm³/mol. The normalized spacial score (nSPS) is 14.6. The van der Waals surface area contributed by atoms with Crippen molar-refractivity contribution in [1.82, 2.24) is 10.2 Å². The lowest BCUT2D eigenvalue weighted by atomic mass is 10.00. The molecule has 0 atom stereocenters. The van der Waals surface area contributed by atoms with Crippen LogP contribution in [0.1, 0.15) is 11.1 Å². The molecule has 3 aromatic rings. The highest BCUT2D eigenvalue weighted by atomic mass is 79.9. The Labute approximate surface area is 158 Å². The maximum absolute atomic E-state index is 12.7. The Hall–Kier alpha value is -3.19. The van der Waals surface area contributed by atoms with Crippen LogP contribution >= 0.6 is 15.9 Å². The Balaban J connectivity index is 1.94. The number of carbonyl (C=O) groups excluding carboxylic acids is 1. The number of halogens is 1. The lowest BCUT2D eigenvalue weighted by molar-refractivity contribution is -0.110. The minimum Gasteiger partial charge on any atom is -0.399 e. The number of hydrogen-bond acceptors (Lipinski definition) is 5. The third-order valence-electron chi connectivity index (χ3n) is 4.01. The molecule has 0 fully saturated rings. The molecular weight excluding hydrogens is 394 g/mol. The Morgan fingerprint density at radius 3 is 2.77 bits per heavy atom. The van der Waals surface area contributed by atoms with Crippen molar-refractivity contribution < 1.29 is 4.79 Å². The van der Waals surface area contributed by atoms with Crippen LogP contribution in [0, 0.1) is 0 Å². The zero-order valence-corrected chi connectivity index (χ0v) is 15.1. The number of benzene rings is 2. The van der Waals surface area contributed by atoms with Gasteiger partial charge in [0.05, 0.1) is 29.4 Å². The Bertz CT molecular complexity index is 1030. The van der Waals surface area contributed by atoms with E-state index in [-0.39, 0.29) is 5.91 Å². The van der Waals surface area contributed by atoms with Crippen molar-refractivity contribution in [2.75, 3.05) is 16.4 Å². The number of hydrogen-bond donors (Lipinski definition) is 3. The van der Waals surface area contributed by atoms with E-state index in [0.717, 1.165) is 27.0 Å². The topological polar surface area (TPSA) is 92.9 Å². The number of aromatic nitrogens is 2. The van der Waals surface area contributed by atoms with Crippen LogP contribution in [0.25, 0.3) is 11.3 Å². The minimum atomic E-state index is -0.176. The van der Waals surface area contributed by atoms with Crippen molar-refractivity contribution in [1.29, 1.82) is 0 Å². The average molecular weight is 408 g/mol. The molecule has 1 aliphatic heterocycles. The molecule has 1 aromatic heterocycles. The number of nitrogens with zero attached hydrogens (tertiary/aromatic N) is 2. The summed E-state index contributed by atoms with van der Waals surface area (Å²) in [4.78, 5) is 12.7. The zero-order valence-electron chi connectivity index (χ0n) is 13.5. The summed E-state index contributed by atoms with van der Waals surface area (Å²) in [5.41, 5.74) is 10.9. The van der Waals surface area contributed by atoms with E-state index < -0.39 is 0 Å². The standard InChI is InChI=1S/C19H14BrN5O/c20-12-4-5-16-15(9-12)17(19(26)25-16)18(11-2-1-3-13(21)8-11)24-14-6-7-22-23-10-14/h1-10H,21H2,(H,22,24)(H,25,26)/b18-17-. The molecule has 6 nitrogen and oxygen atoms in total. The molecule has 7 heteroatoms. The highest BCUT2D eigenvalue weighted by molar-refractivity contribution is 9.10. The van der Waals surface area contributed by atoms with Crippen molar-refractivity contribution in [2.24, 2.45) is 0 Å². The van der Waals surface area contributed by atoms with Crippen LogP contribution in [0.3, 0.4) is 0 Å². The van der Waals surface area contributed by atoms with Crippen LogP contribution in [0.15, 0.2) is 65.4 Å². The SMILES string of the molecule is Nc1cccc(/C(Nc2ccnnc2)=C2/C(=O)Nc3ccc(Br)cc32)c1. The van der Waals surface area contributed by atoms with Gasteiger partial charge in [-0.1, -0.05) is 28.1 Å². The van der Waals surface area contributed by atoms with Crippen LogP contribution in [-0.4, -0.2) is 16.1 Å². The summed E-state index contributed by atoms with van der Waals surface area (Å²) in [5.74, 6) is -0.176. The zero-order chi connectivity index (χ0) is 18.1. The monoisotopic (exact) mass is 407 g/mol. The van der Waals surface area contributed by atoms with Gasteiger partial charge in [-0.3, -0.25) is 4.79 Å². The number of rotatable bonds is 3. The number of fused-ring (bicyclic) bond motifs is 1. The van der Waals surface area contributed by atoms with E-state index >= 15 is 0 Å². The maximum Gasteiger partial charge on any atom is 0.258 e. The lowest BCUT2D eigenvalue weighted by Crippen LogP contribution is -2.10. The van der Waals surface area contributed by atoms with Gasteiger partial charge in [0, 0.05) is 27.0 Å². The summed E-state index contributed by atoms with van der Waals surface area (Å²) < 4.78 is 0.891. The molecule has 2 heterocycles. The van der Waals surface area contributed by atoms with E-state index in [0.29, 0.717) is 17.0 Å². The fourth-order valence-electron chi connectivity index (χ4n) is 2.87. The largest absolute Gasteiger partial charge is 0.399 e. The number of amides is 1. The van der Waals surface area contributed by atoms with E-state index in [9.17, 15) is 4.79 Å². The van der Waals surface area contributed by atoms with Gasteiger partial charge in [-0.25, -0.2) is 0 Å². The van der Waals surface area contributed by atoms with Crippen molar-refractivity contribution in [2.45, 2.75) is 0 Å². The quantitative estimate of drug-likeness (QED) is 0.454. The summed E-state index contributed by atoms with van der Waals surface area (Å²) in [5, 5.41) is 13.9. The molecule has 4 N–H and O–H groups in total. The summed E-state index contributed by atoms with van der Waals surface area (Å²) >= 11 is 3.48. The molecule has 1 aliphatic rings. The first-order valence-electron chi connectivity index (χ1n) is 7.87. The summed E-state index contributed by atoms with van der Waals surface area (Å²) in [6, 6.07) is 14.9. The van der Waals surface area contributed by atoms with Gasteiger partial charge in [0.1, 0.15) is 0 Å². The third-order valence-corrected chi connectivity index (χ3v) is 4.50. The Kier molecular flexibility index (Phi) is 4.14. The van der Waals surface area contributed by atoms with Crippen LogP contribution in [0.4, 0.5) is 17.1 Å². The highest BCUT2D eigenvalue weighted by Gasteiger charge is 2.28. The Morgan fingerprint density at radius 1 is 1.12 bits per heavy atom. The number of nitrogens with two attached hydrogens (primary N) is 1. The molecule has 4 rings (SSSR count). The van der Waals surface area contributed by atoms with Gasteiger partial charge in [-0.15, -0.1) is 0 Å². The van der Waals surface area contributed by atoms with Crippen molar-refractivity contribution in [3.63, 3.8) is 0 Å². The van der Waals surface area contributed by atoms with Crippen molar-refractivity contribution >= 4 is 50.2 Å². The summed E-state index contributed by atoms with van der Waals surface area (Å²) in [7, 11) is 0. The molecule has 0 unspecified atom stereocenters. The first kappa shape index (κ1) is 16.3. The highest BCUT2D eigenvalue weighted by Crippen LogP contribution is 2.39. The van der Waals surface area contributed by atoms with Gasteiger partial charge in [-0.05, 0) is 36.4 Å². The van der Waals surface area contributed by atoms with Crippen LogP contribution in [0.5, 0.6) is 0 Å². The van der Waals surface area contributed by atoms with E-state index in [4.69, 9.17) is 5.73 Å². The van der Waals surface area contributed by atoms with Crippen molar-refractivity contribution in [3.05, 3.63) is 76.5 Å². The molecule has 0 bridgehead atoms. The van der Waals surface area contributed by atoms with Gasteiger partial charge in [-0.2, -0.15) is 10.2 Å². The molecule has 0 radical (unpaired) electrons. The van der Waals surface area contributed by atoms with E-state index in [1.165, 1.54) is 0 Å². The molecule has 0 saturated carbocycles. The molecule has 0 aliphatic carbocycles. The van der Waals surface area contributed by atoms with Crippen LogP contribution in [0.2, 0.25) is 0 Å². The molecule has 2 aromatic carbocycles. The second-order valence-electron chi connectivity index (χ2n) is 5.78. The first-order chi connectivity index (χ1) is 12.6. The number of nitrogens with one attached hydrogen (secondary N) is 2. The van der Waals surface area contributed by atoms with Crippen LogP contribution in [-0.2, 0) is 4.79 Å². The first-order valence-corrected chi connectivity index (χ1v) is 8.66. The molecule has 128 valence electrons.